The summed E-state index contributed by atoms with van der Waals surface area (Å²) in [6.45, 7) is 0.327. The average Bonchev–Trinajstić information content (AvgIpc) is 3.64. The Morgan fingerprint density at radius 2 is 1.91 bits per heavy atom. The van der Waals surface area contributed by atoms with Crippen molar-refractivity contribution in [3.63, 3.8) is 0 Å². The first-order valence-electron chi connectivity index (χ1n) is 13.6. The van der Waals surface area contributed by atoms with E-state index in [1.54, 1.807) is 18.3 Å². The van der Waals surface area contributed by atoms with E-state index >= 15 is 0 Å². The molecule has 1 fully saturated rings. The Labute approximate surface area is 252 Å². The third-order valence-corrected chi connectivity index (χ3v) is 7.77. The molecule has 2 atom stereocenters. The molecule has 1 amide bonds. The number of nitro groups is 1. The number of benzene rings is 3. The number of thiocarbonyl (C=S) groups is 1. The normalized spacial score (nSPS) is 16.2. The Morgan fingerprint density at radius 3 is 2.70 bits per heavy atom. The molecule has 2 aromatic heterocycles. The van der Waals surface area contributed by atoms with Gasteiger partial charge in [0.1, 0.15) is 23.3 Å². The molecule has 43 heavy (non-hydrogen) atoms. The minimum absolute atomic E-state index is 0.0825. The third-order valence-electron chi connectivity index (χ3n) is 7.42. The average molecular weight is 594 g/mol. The lowest BCUT2D eigenvalue weighted by Gasteiger charge is -2.26. The third kappa shape index (κ3) is 5.62. The minimum Gasteiger partial charge on any atom is -0.496 e. The highest BCUT2D eigenvalue weighted by Gasteiger charge is 2.41. The van der Waals surface area contributed by atoms with Gasteiger partial charge in [-0.05, 0) is 54.0 Å². The molecular weight excluding hydrogens is 566 g/mol. The summed E-state index contributed by atoms with van der Waals surface area (Å²) in [5.74, 6) is 1.24. The predicted molar refractivity (Wildman–Crippen MR) is 167 cm³/mol. The van der Waals surface area contributed by atoms with E-state index < -0.39 is 11.0 Å². The molecule has 0 aliphatic carbocycles. The number of anilines is 1. The fourth-order valence-corrected chi connectivity index (χ4v) is 5.71. The van der Waals surface area contributed by atoms with Crippen LogP contribution in [0.25, 0.3) is 22.1 Å². The lowest BCUT2D eigenvalue weighted by Crippen LogP contribution is -2.32. The predicted octanol–water partition coefficient (Wildman–Crippen LogP) is 6.41. The maximum atomic E-state index is 13.2. The summed E-state index contributed by atoms with van der Waals surface area (Å²) in [5.41, 5.74) is 2.01. The van der Waals surface area contributed by atoms with Crippen molar-refractivity contribution in [3.05, 3.63) is 119 Å². The van der Waals surface area contributed by atoms with E-state index in [2.05, 4.69) is 15.6 Å². The lowest BCUT2D eigenvalue weighted by atomic mass is 10.0. The Kier molecular flexibility index (Phi) is 7.71. The molecule has 0 radical (unpaired) electrons. The van der Waals surface area contributed by atoms with Gasteiger partial charge in [-0.15, -0.1) is 0 Å². The number of amides is 1. The van der Waals surface area contributed by atoms with Gasteiger partial charge in [0.2, 0.25) is 5.91 Å². The van der Waals surface area contributed by atoms with E-state index in [0.29, 0.717) is 34.5 Å². The van der Waals surface area contributed by atoms with E-state index in [1.807, 2.05) is 71.6 Å². The van der Waals surface area contributed by atoms with E-state index in [9.17, 15) is 14.9 Å². The van der Waals surface area contributed by atoms with Gasteiger partial charge in [-0.25, -0.2) is 0 Å². The number of nitro benzene ring substituents is 1. The van der Waals surface area contributed by atoms with E-state index in [1.165, 1.54) is 19.2 Å². The molecule has 6 rings (SSSR count). The molecule has 2 N–H and O–H groups in total. The second kappa shape index (κ2) is 11.9. The van der Waals surface area contributed by atoms with Gasteiger partial charge < -0.3 is 24.7 Å². The number of hydrogen-bond donors (Lipinski definition) is 2. The molecule has 0 saturated carbocycles. The topological polar surface area (TPSA) is 123 Å². The fourth-order valence-electron chi connectivity index (χ4n) is 5.38. The lowest BCUT2D eigenvalue weighted by molar-refractivity contribution is -0.384. The second-order valence-corrected chi connectivity index (χ2v) is 10.4. The number of nitrogens with one attached hydrogen (secondary N) is 2. The summed E-state index contributed by atoms with van der Waals surface area (Å²) in [6.07, 6.45) is 1.90. The summed E-state index contributed by atoms with van der Waals surface area (Å²) in [4.78, 5) is 30.4. The first-order chi connectivity index (χ1) is 20.9. The number of aromatic nitrogens is 1. The van der Waals surface area contributed by atoms with Crippen LogP contribution in [-0.2, 0) is 4.79 Å². The SMILES string of the molecule is COc1cc([N+](=O)[O-])ccc1-c1ccc([C@@H]2[C@H](c3ccccn3)NC(=S)N2CCC(=O)Nc2cccc3ccccc23)o1. The quantitative estimate of drug-likeness (QED) is 0.113. The van der Waals surface area contributed by atoms with Gasteiger partial charge in [-0.2, -0.15) is 0 Å². The molecule has 0 bridgehead atoms. The monoisotopic (exact) mass is 593 g/mol. The van der Waals surface area contributed by atoms with Crippen LogP contribution in [0, 0.1) is 10.1 Å². The first kappa shape index (κ1) is 27.9. The van der Waals surface area contributed by atoms with Crippen molar-refractivity contribution in [1.82, 2.24) is 15.2 Å². The Morgan fingerprint density at radius 1 is 1.09 bits per heavy atom. The van der Waals surface area contributed by atoms with Crippen molar-refractivity contribution in [2.24, 2.45) is 0 Å². The number of furan rings is 1. The minimum atomic E-state index is -0.475. The highest BCUT2D eigenvalue weighted by molar-refractivity contribution is 7.80. The maximum absolute atomic E-state index is 13.2. The summed E-state index contributed by atoms with van der Waals surface area (Å²) in [5, 5.41) is 20.2. The van der Waals surface area contributed by atoms with Crippen LogP contribution in [-0.4, -0.2) is 39.5 Å². The van der Waals surface area contributed by atoms with Crippen LogP contribution in [0.4, 0.5) is 11.4 Å². The van der Waals surface area contributed by atoms with Gasteiger partial charge in [-0.3, -0.25) is 19.9 Å². The van der Waals surface area contributed by atoms with E-state index in [4.69, 9.17) is 21.4 Å². The number of hydrogen-bond acceptors (Lipinski definition) is 7. The number of pyridine rings is 1. The zero-order valence-corrected chi connectivity index (χ0v) is 23.9. The van der Waals surface area contributed by atoms with Crippen LogP contribution in [0.2, 0.25) is 0 Å². The number of non-ortho nitro benzene ring substituents is 1. The standard InChI is InChI=1S/C32H27N5O5S/c1-41-28-19-21(37(39)40)12-13-23(28)26-14-15-27(42-26)31-30(25-10-4-5-17-33-25)35-32(43)36(31)18-16-29(38)34-24-11-6-8-20-7-2-3-9-22(20)24/h2-15,17,19,30-31H,16,18H2,1H3,(H,34,38)(H,35,43)/t30-,31+/m0/s1. The first-order valence-corrected chi connectivity index (χ1v) is 14.0. The number of ether oxygens (including phenoxy) is 1. The molecule has 216 valence electrons. The Hall–Kier alpha value is -5.29. The highest BCUT2D eigenvalue weighted by Crippen LogP contribution is 2.42. The summed E-state index contributed by atoms with van der Waals surface area (Å²) < 4.78 is 11.8. The van der Waals surface area contributed by atoms with Gasteiger partial charge in [0, 0.05) is 36.3 Å². The van der Waals surface area contributed by atoms with Crippen LogP contribution in [0.1, 0.15) is 30.0 Å². The van der Waals surface area contributed by atoms with Gasteiger partial charge >= 0.3 is 0 Å². The number of carbonyl (C=O) groups is 1. The summed E-state index contributed by atoms with van der Waals surface area (Å²) in [6, 6.07) is 26.6. The molecule has 0 spiro atoms. The van der Waals surface area contributed by atoms with Crippen molar-refractivity contribution in [2.75, 3.05) is 19.0 Å². The molecule has 0 unspecified atom stereocenters. The van der Waals surface area contributed by atoms with Crippen LogP contribution in [0.5, 0.6) is 5.75 Å². The second-order valence-electron chi connectivity index (χ2n) is 9.99. The zero-order valence-electron chi connectivity index (χ0n) is 23.1. The number of methoxy groups -OCH3 is 1. The van der Waals surface area contributed by atoms with Gasteiger partial charge in [0.05, 0.1) is 35.4 Å². The summed E-state index contributed by atoms with van der Waals surface area (Å²) >= 11 is 5.75. The molecule has 3 heterocycles. The summed E-state index contributed by atoms with van der Waals surface area (Å²) in [7, 11) is 1.45. The molecule has 5 aromatic rings. The molecular formula is C32H27N5O5S. The molecule has 1 saturated heterocycles. The van der Waals surface area contributed by atoms with Crippen LogP contribution in [0.15, 0.2) is 102 Å². The van der Waals surface area contributed by atoms with E-state index in [0.717, 1.165) is 22.2 Å². The van der Waals surface area contributed by atoms with Crippen molar-refractivity contribution < 1.29 is 18.9 Å². The smallest absolute Gasteiger partial charge is 0.273 e. The van der Waals surface area contributed by atoms with Gasteiger partial charge in [0.25, 0.3) is 5.69 Å². The van der Waals surface area contributed by atoms with Crippen molar-refractivity contribution >= 4 is 45.4 Å². The molecule has 1 aliphatic heterocycles. The van der Waals surface area contributed by atoms with Gasteiger partial charge in [0.15, 0.2) is 5.11 Å². The fraction of sp³-hybridized carbons (Fsp3) is 0.156. The largest absolute Gasteiger partial charge is 0.496 e. The van der Waals surface area contributed by atoms with Crippen molar-refractivity contribution in [3.8, 4) is 17.1 Å². The maximum Gasteiger partial charge on any atom is 0.273 e. The van der Waals surface area contributed by atoms with Crippen LogP contribution in [0.3, 0.4) is 0 Å². The number of rotatable bonds is 9. The highest BCUT2D eigenvalue weighted by atomic mass is 32.1. The molecule has 1 aliphatic rings. The molecule has 10 nitrogen and oxygen atoms in total. The van der Waals surface area contributed by atoms with Gasteiger partial charge in [-0.1, -0.05) is 42.5 Å². The van der Waals surface area contributed by atoms with Crippen molar-refractivity contribution in [2.45, 2.75) is 18.5 Å². The molecule has 3 aromatic carbocycles. The zero-order chi connectivity index (χ0) is 29.9. The number of fused-ring (bicyclic) bond motifs is 1. The van der Waals surface area contributed by atoms with Crippen molar-refractivity contribution in [1.29, 1.82) is 0 Å². The molecule has 11 heteroatoms. The number of nitrogens with zero attached hydrogens (tertiary/aromatic N) is 3. The Bertz CT molecular complexity index is 1820. The van der Waals surface area contributed by atoms with E-state index in [-0.39, 0.29) is 24.1 Å². The van der Waals surface area contributed by atoms with Crippen LogP contribution >= 0.6 is 12.2 Å². The number of carbonyl (C=O) groups excluding carboxylic acids is 1. The van der Waals surface area contributed by atoms with Crippen LogP contribution < -0.4 is 15.4 Å². The Balaban J connectivity index is 1.27.